The Morgan fingerprint density at radius 2 is 1.78 bits per heavy atom. The number of carbonyl (C=O) groups is 1. The summed E-state index contributed by atoms with van der Waals surface area (Å²) in [5.41, 5.74) is 6.25. The fraction of sp³-hybridized carbons (Fsp3) is 0.343. The number of hydrogen-bond acceptors (Lipinski definition) is 6. The first-order valence-electron chi connectivity index (χ1n) is 15.5. The molecule has 45 heavy (non-hydrogen) atoms. The largest absolute Gasteiger partial charge is 0.484 e. The zero-order valence-electron chi connectivity index (χ0n) is 25.8. The Labute approximate surface area is 270 Å². The molecule has 6 rings (SSSR count). The third-order valence-corrected chi connectivity index (χ3v) is 8.85. The minimum absolute atomic E-state index is 0.0677. The average molecular weight is 625 g/mol. The minimum atomic E-state index is -0.223. The van der Waals surface area contributed by atoms with Crippen molar-refractivity contribution in [2.45, 2.75) is 38.9 Å². The van der Waals surface area contributed by atoms with E-state index in [4.69, 9.17) is 26.7 Å². The number of aryl methyl sites for hydroxylation is 1. The van der Waals surface area contributed by atoms with E-state index in [1.165, 1.54) is 17.0 Å². The molecule has 0 radical (unpaired) electrons. The number of nitrogens with one attached hydrogen (secondary N) is 2. The molecule has 0 bridgehead atoms. The fourth-order valence-electron chi connectivity index (χ4n) is 6.27. The molecule has 2 aromatic heterocycles. The predicted molar refractivity (Wildman–Crippen MR) is 181 cm³/mol. The average Bonchev–Trinajstić information content (AvgIpc) is 3.56. The molecule has 2 aliphatic heterocycles. The van der Waals surface area contributed by atoms with Gasteiger partial charge in [-0.3, -0.25) is 14.7 Å². The Kier molecular flexibility index (Phi) is 9.73. The summed E-state index contributed by atoms with van der Waals surface area (Å²) in [6.07, 6.45) is 2.90. The number of pyridine rings is 1. The molecule has 1 amide bonds. The molecule has 0 aliphatic carbocycles. The number of anilines is 2. The summed E-state index contributed by atoms with van der Waals surface area (Å²) in [5.74, 6) is 0.433. The maximum absolute atomic E-state index is 12.6. The first-order valence-corrected chi connectivity index (χ1v) is 15.9. The zero-order valence-corrected chi connectivity index (χ0v) is 26.6. The van der Waals surface area contributed by atoms with Crippen LogP contribution in [0.1, 0.15) is 41.1 Å². The van der Waals surface area contributed by atoms with Gasteiger partial charge >= 0.3 is 0 Å². The molecule has 0 spiro atoms. The van der Waals surface area contributed by atoms with E-state index in [0.717, 1.165) is 57.2 Å². The molecular weight excluding hydrogens is 584 g/mol. The van der Waals surface area contributed by atoms with Crippen LogP contribution >= 0.6 is 12.2 Å². The molecule has 10 heteroatoms. The van der Waals surface area contributed by atoms with E-state index in [1.54, 1.807) is 0 Å². The summed E-state index contributed by atoms with van der Waals surface area (Å²) < 4.78 is 13.5. The maximum Gasteiger partial charge on any atom is 0.262 e. The summed E-state index contributed by atoms with van der Waals surface area (Å²) in [6.45, 7) is 10.00. The van der Waals surface area contributed by atoms with Gasteiger partial charge in [0.05, 0.1) is 31.0 Å². The lowest BCUT2D eigenvalue weighted by atomic mass is 9.96. The van der Waals surface area contributed by atoms with Crippen molar-refractivity contribution in [2.24, 2.45) is 0 Å². The smallest absolute Gasteiger partial charge is 0.262 e. The van der Waals surface area contributed by atoms with Gasteiger partial charge in [-0.1, -0.05) is 24.3 Å². The molecule has 4 heterocycles. The third-order valence-electron chi connectivity index (χ3n) is 8.53. The highest BCUT2D eigenvalue weighted by molar-refractivity contribution is 7.80. The Bertz CT molecular complexity index is 1590. The van der Waals surface area contributed by atoms with Gasteiger partial charge < -0.3 is 29.6 Å². The van der Waals surface area contributed by atoms with Gasteiger partial charge in [-0.05, 0) is 92.6 Å². The maximum atomic E-state index is 12.6. The van der Waals surface area contributed by atoms with E-state index in [-0.39, 0.29) is 24.6 Å². The molecule has 2 aliphatic rings. The molecule has 2 N–H and O–H groups in total. The summed E-state index contributed by atoms with van der Waals surface area (Å²) >= 11 is 5.96. The van der Waals surface area contributed by atoms with Gasteiger partial charge in [0.1, 0.15) is 5.75 Å². The third kappa shape index (κ3) is 7.19. The highest BCUT2D eigenvalue weighted by atomic mass is 32.1. The molecule has 4 aromatic rings. The predicted octanol–water partition coefficient (Wildman–Crippen LogP) is 5.42. The summed E-state index contributed by atoms with van der Waals surface area (Å²) in [5, 5.41) is 7.14. The van der Waals surface area contributed by atoms with Crippen LogP contribution < -0.4 is 20.3 Å². The molecule has 9 nitrogen and oxygen atoms in total. The van der Waals surface area contributed by atoms with Crippen LogP contribution in [-0.4, -0.2) is 64.9 Å². The van der Waals surface area contributed by atoms with Gasteiger partial charge in [-0.2, -0.15) is 0 Å². The lowest BCUT2D eigenvalue weighted by Gasteiger charge is -2.28. The van der Waals surface area contributed by atoms with Crippen LogP contribution in [-0.2, 0) is 16.1 Å². The molecule has 2 aromatic carbocycles. The number of ether oxygens (including phenoxy) is 2. The Hall–Kier alpha value is -4.25. The molecule has 0 saturated carbocycles. The topological polar surface area (TPSA) is 83.9 Å². The normalized spacial score (nSPS) is 18.5. The van der Waals surface area contributed by atoms with Crippen LogP contribution in [0.4, 0.5) is 11.4 Å². The van der Waals surface area contributed by atoms with Crippen molar-refractivity contribution in [2.75, 3.05) is 49.7 Å². The highest BCUT2D eigenvalue weighted by Gasteiger charge is 2.42. The van der Waals surface area contributed by atoms with Crippen molar-refractivity contribution >= 4 is 34.6 Å². The fourth-order valence-corrected chi connectivity index (χ4v) is 6.61. The quantitative estimate of drug-likeness (QED) is 0.214. The van der Waals surface area contributed by atoms with Crippen molar-refractivity contribution in [3.63, 3.8) is 0 Å². The molecule has 2 saturated heterocycles. The van der Waals surface area contributed by atoms with Crippen LogP contribution in [0.3, 0.4) is 0 Å². The second-order valence-electron chi connectivity index (χ2n) is 11.5. The van der Waals surface area contributed by atoms with Gasteiger partial charge in [0.2, 0.25) is 0 Å². The lowest BCUT2D eigenvalue weighted by Crippen LogP contribution is -2.37. The molecule has 234 valence electrons. The molecule has 0 unspecified atom stereocenters. The van der Waals surface area contributed by atoms with Crippen LogP contribution in [0.25, 0.3) is 0 Å². The summed E-state index contributed by atoms with van der Waals surface area (Å²) in [4.78, 5) is 21.9. The standard InChI is InChI=1S/C35H40N6O3S/c1-25-23-30(26(2)40(25)18-8-17-39-19-21-43-22-20-39)34-33(31-11-6-7-16-36-31)38-35(45)41(34)28-14-12-27(13-15-28)37-32(42)24-44-29-9-4-3-5-10-29/h3-7,9-16,23,33-34H,8,17-22,24H2,1-2H3,(H,37,42)(H,38,45)/t33-,34-/m0/s1. The second-order valence-corrected chi connectivity index (χ2v) is 11.9. The van der Waals surface area contributed by atoms with Gasteiger partial charge in [0.25, 0.3) is 5.91 Å². The SMILES string of the molecule is Cc1cc([C@H]2[C@H](c3ccccn3)NC(=S)N2c2ccc(NC(=O)COc3ccccc3)cc2)c(C)n1CCCN1CCOCC1. The van der Waals surface area contributed by atoms with E-state index in [2.05, 4.69) is 51.0 Å². The Balaban J connectivity index is 1.21. The van der Waals surface area contributed by atoms with Crippen molar-refractivity contribution in [3.8, 4) is 5.75 Å². The van der Waals surface area contributed by atoms with E-state index < -0.39 is 0 Å². The number of aromatic nitrogens is 2. The Morgan fingerprint density at radius 3 is 2.51 bits per heavy atom. The second kappa shape index (κ2) is 14.2. The first kappa shape index (κ1) is 30.8. The monoisotopic (exact) mass is 624 g/mol. The van der Waals surface area contributed by atoms with Crippen molar-refractivity contribution in [3.05, 3.63) is 108 Å². The highest BCUT2D eigenvalue weighted by Crippen LogP contribution is 2.43. The molecular formula is C35H40N6O3S. The number of benzene rings is 2. The van der Waals surface area contributed by atoms with Crippen LogP contribution in [0.2, 0.25) is 0 Å². The number of hydrogen-bond donors (Lipinski definition) is 2. The van der Waals surface area contributed by atoms with E-state index in [1.807, 2.05) is 72.9 Å². The van der Waals surface area contributed by atoms with Crippen molar-refractivity contribution < 1.29 is 14.3 Å². The van der Waals surface area contributed by atoms with Crippen LogP contribution in [0, 0.1) is 13.8 Å². The van der Waals surface area contributed by atoms with Gasteiger partial charge in [-0.25, -0.2) is 0 Å². The number of thiocarbonyl (C=S) groups is 1. The van der Waals surface area contributed by atoms with E-state index in [9.17, 15) is 4.79 Å². The lowest BCUT2D eigenvalue weighted by molar-refractivity contribution is -0.118. The minimum Gasteiger partial charge on any atom is -0.484 e. The zero-order chi connectivity index (χ0) is 31.2. The van der Waals surface area contributed by atoms with E-state index >= 15 is 0 Å². The number of nitrogens with zero attached hydrogens (tertiary/aromatic N) is 4. The number of amides is 1. The van der Waals surface area contributed by atoms with Crippen molar-refractivity contribution in [1.82, 2.24) is 19.8 Å². The van der Waals surface area contributed by atoms with Gasteiger partial charge in [-0.15, -0.1) is 0 Å². The summed E-state index contributed by atoms with van der Waals surface area (Å²) in [7, 11) is 0. The van der Waals surface area contributed by atoms with Gasteiger partial charge in [0.15, 0.2) is 11.7 Å². The van der Waals surface area contributed by atoms with Crippen LogP contribution in [0.15, 0.2) is 85.1 Å². The van der Waals surface area contributed by atoms with Crippen molar-refractivity contribution in [1.29, 1.82) is 0 Å². The number of para-hydroxylation sites is 1. The molecule has 2 fully saturated rings. The number of carbonyl (C=O) groups excluding carboxylic acids is 1. The van der Waals surface area contributed by atoms with Gasteiger partial charge in [0, 0.05) is 55.1 Å². The molecule has 2 atom stereocenters. The summed E-state index contributed by atoms with van der Waals surface area (Å²) in [6, 6.07) is 25.2. The Morgan fingerprint density at radius 1 is 1.02 bits per heavy atom. The van der Waals surface area contributed by atoms with Crippen LogP contribution in [0.5, 0.6) is 5.75 Å². The number of rotatable bonds is 11. The first-order chi connectivity index (χ1) is 22.0. The van der Waals surface area contributed by atoms with E-state index in [0.29, 0.717) is 16.5 Å². The number of morpholine rings is 1.